The molecule has 5 heteroatoms. The standard InChI is InChI=1S/C13H18ClN3O/c14-11-4-3-5-12(10-11)16-13(18)15-6-9-17-7-1-2-8-17/h3-5,10H,1-2,6-9H2,(H2,15,16,18). The van der Waals surface area contributed by atoms with Crippen molar-refractivity contribution in [1.29, 1.82) is 0 Å². The topological polar surface area (TPSA) is 44.4 Å². The smallest absolute Gasteiger partial charge is 0.319 e. The number of hydrogen-bond acceptors (Lipinski definition) is 2. The molecule has 4 nitrogen and oxygen atoms in total. The number of benzene rings is 1. The van der Waals surface area contributed by atoms with E-state index in [-0.39, 0.29) is 6.03 Å². The molecule has 0 aliphatic carbocycles. The molecule has 1 aliphatic heterocycles. The van der Waals surface area contributed by atoms with Crippen LogP contribution in [0.25, 0.3) is 0 Å². The lowest BCUT2D eigenvalue weighted by molar-refractivity contribution is 0.249. The molecular weight excluding hydrogens is 250 g/mol. The molecule has 18 heavy (non-hydrogen) atoms. The fourth-order valence-electron chi connectivity index (χ4n) is 2.08. The largest absolute Gasteiger partial charge is 0.337 e. The Morgan fingerprint density at radius 1 is 1.33 bits per heavy atom. The maximum atomic E-state index is 11.6. The summed E-state index contributed by atoms with van der Waals surface area (Å²) in [6, 6.07) is 6.93. The summed E-state index contributed by atoms with van der Waals surface area (Å²) in [5.74, 6) is 0. The lowest BCUT2D eigenvalue weighted by Gasteiger charge is -2.15. The second kappa shape index (κ2) is 6.61. The number of urea groups is 1. The van der Waals surface area contributed by atoms with Crippen LogP contribution in [0.15, 0.2) is 24.3 Å². The van der Waals surface area contributed by atoms with Crippen molar-refractivity contribution in [3.63, 3.8) is 0 Å². The van der Waals surface area contributed by atoms with Gasteiger partial charge in [0.25, 0.3) is 0 Å². The Balaban J connectivity index is 1.68. The minimum atomic E-state index is -0.184. The third-order valence-electron chi connectivity index (χ3n) is 2.99. The normalized spacial score (nSPS) is 15.6. The van der Waals surface area contributed by atoms with E-state index in [4.69, 9.17) is 11.6 Å². The molecule has 1 aromatic carbocycles. The van der Waals surface area contributed by atoms with Crippen molar-refractivity contribution in [3.05, 3.63) is 29.3 Å². The third kappa shape index (κ3) is 4.20. The van der Waals surface area contributed by atoms with Crippen LogP contribution in [-0.2, 0) is 0 Å². The molecule has 0 bridgehead atoms. The first-order chi connectivity index (χ1) is 8.74. The maximum Gasteiger partial charge on any atom is 0.319 e. The van der Waals surface area contributed by atoms with Crippen LogP contribution < -0.4 is 10.6 Å². The summed E-state index contributed by atoms with van der Waals surface area (Å²) in [5.41, 5.74) is 0.709. The number of rotatable bonds is 4. The number of nitrogens with one attached hydrogen (secondary N) is 2. The van der Waals surface area contributed by atoms with Crippen LogP contribution in [0.4, 0.5) is 10.5 Å². The molecule has 0 radical (unpaired) electrons. The summed E-state index contributed by atoms with van der Waals surface area (Å²) in [5, 5.41) is 6.21. The summed E-state index contributed by atoms with van der Waals surface area (Å²) in [4.78, 5) is 14.0. The van der Waals surface area contributed by atoms with E-state index in [9.17, 15) is 4.79 Å². The highest BCUT2D eigenvalue weighted by Crippen LogP contribution is 2.14. The highest BCUT2D eigenvalue weighted by molar-refractivity contribution is 6.30. The molecule has 1 saturated heterocycles. The molecule has 1 aromatic rings. The minimum Gasteiger partial charge on any atom is -0.337 e. The highest BCUT2D eigenvalue weighted by Gasteiger charge is 2.10. The number of carbonyl (C=O) groups excluding carboxylic acids is 1. The Morgan fingerprint density at radius 2 is 2.11 bits per heavy atom. The Kier molecular flexibility index (Phi) is 4.84. The monoisotopic (exact) mass is 267 g/mol. The first-order valence-corrected chi connectivity index (χ1v) is 6.64. The van der Waals surface area contributed by atoms with Crippen LogP contribution in [0.2, 0.25) is 5.02 Å². The Hall–Kier alpha value is -1.26. The number of halogens is 1. The van der Waals surface area contributed by atoms with Crippen LogP contribution in [0.3, 0.4) is 0 Å². The lowest BCUT2D eigenvalue weighted by atomic mass is 10.3. The second-order valence-electron chi connectivity index (χ2n) is 4.44. The molecule has 1 aliphatic rings. The average molecular weight is 268 g/mol. The van der Waals surface area contributed by atoms with Gasteiger partial charge >= 0.3 is 6.03 Å². The van der Waals surface area contributed by atoms with E-state index in [0.717, 1.165) is 19.6 Å². The molecule has 0 aromatic heterocycles. The molecule has 2 N–H and O–H groups in total. The van der Waals surface area contributed by atoms with Crippen molar-refractivity contribution >= 4 is 23.3 Å². The molecular formula is C13H18ClN3O. The Bertz CT molecular complexity index is 405. The van der Waals surface area contributed by atoms with Crippen molar-refractivity contribution in [2.75, 3.05) is 31.5 Å². The van der Waals surface area contributed by atoms with Gasteiger partial charge in [-0.3, -0.25) is 0 Å². The van der Waals surface area contributed by atoms with E-state index in [1.54, 1.807) is 12.1 Å². The van der Waals surface area contributed by atoms with Gasteiger partial charge in [0, 0.05) is 23.8 Å². The molecule has 2 amide bonds. The number of hydrogen-bond donors (Lipinski definition) is 2. The van der Waals surface area contributed by atoms with Crippen LogP contribution in [0.5, 0.6) is 0 Å². The predicted octanol–water partition coefficient (Wildman–Crippen LogP) is 2.56. The van der Waals surface area contributed by atoms with E-state index in [0.29, 0.717) is 17.3 Å². The van der Waals surface area contributed by atoms with Gasteiger partial charge in [-0.25, -0.2) is 4.79 Å². The number of carbonyl (C=O) groups is 1. The van der Waals surface area contributed by atoms with Gasteiger partial charge in [-0.1, -0.05) is 17.7 Å². The lowest BCUT2D eigenvalue weighted by Crippen LogP contribution is -2.35. The van der Waals surface area contributed by atoms with Crippen molar-refractivity contribution in [3.8, 4) is 0 Å². The molecule has 0 saturated carbocycles. The SMILES string of the molecule is O=C(NCCN1CCCC1)Nc1cccc(Cl)c1. The molecule has 0 atom stereocenters. The van der Waals surface area contributed by atoms with E-state index >= 15 is 0 Å². The van der Waals surface area contributed by atoms with E-state index in [1.165, 1.54) is 12.8 Å². The van der Waals surface area contributed by atoms with Crippen molar-refractivity contribution in [2.24, 2.45) is 0 Å². The molecule has 0 unspecified atom stereocenters. The summed E-state index contributed by atoms with van der Waals surface area (Å²) < 4.78 is 0. The van der Waals surface area contributed by atoms with Gasteiger partial charge in [-0.15, -0.1) is 0 Å². The number of amides is 2. The number of anilines is 1. The molecule has 1 heterocycles. The molecule has 2 rings (SSSR count). The van der Waals surface area contributed by atoms with Gasteiger partial charge < -0.3 is 15.5 Å². The Labute approximate surface area is 112 Å². The van der Waals surface area contributed by atoms with Gasteiger partial charge in [0.15, 0.2) is 0 Å². The predicted molar refractivity (Wildman–Crippen MR) is 74.1 cm³/mol. The van der Waals surface area contributed by atoms with Gasteiger partial charge in [-0.05, 0) is 44.1 Å². The van der Waals surface area contributed by atoms with E-state index < -0.39 is 0 Å². The van der Waals surface area contributed by atoms with Crippen LogP contribution in [-0.4, -0.2) is 37.1 Å². The first-order valence-electron chi connectivity index (χ1n) is 6.27. The zero-order chi connectivity index (χ0) is 12.8. The molecule has 1 fully saturated rings. The quantitative estimate of drug-likeness (QED) is 0.881. The number of nitrogens with zero attached hydrogens (tertiary/aromatic N) is 1. The van der Waals surface area contributed by atoms with Crippen molar-refractivity contribution < 1.29 is 4.79 Å². The van der Waals surface area contributed by atoms with E-state index in [1.807, 2.05) is 12.1 Å². The van der Waals surface area contributed by atoms with Crippen LogP contribution in [0, 0.1) is 0 Å². The van der Waals surface area contributed by atoms with Crippen molar-refractivity contribution in [2.45, 2.75) is 12.8 Å². The fraction of sp³-hybridized carbons (Fsp3) is 0.462. The van der Waals surface area contributed by atoms with Crippen LogP contribution >= 0.6 is 11.6 Å². The minimum absolute atomic E-state index is 0.184. The first kappa shape index (κ1) is 13.2. The van der Waals surface area contributed by atoms with Gasteiger partial charge in [0.2, 0.25) is 0 Å². The summed E-state index contributed by atoms with van der Waals surface area (Å²) >= 11 is 5.84. The van der Waals surface area contributed by atoms with Gasteiger partial charge in [0.1, 0.15) is 0 Å². The van der Waals surface area contributed by atoms with Crippen LogP contribution in [0.1, 0.15) is 12.8 Å². The second-order valence-corrected chi connectivity index (χ2v) is 4.88. The molecule has 0 spiro atoms. The average Bonchev–Trinajstić information content (AvgIpc) is 2.82. The summed E-state index contributed by atoms with van der Waals surface area (Å²) in [6.07, 6.45) is 2.55. The van der Waals surface area contributed by atoms with Crippen molar-refractivity contribution in [1.82, 2.24) is 10.2 Å². The zero-order valence-electron chi connectivity index (χ0n) is 10.3. The maximum absolute atomic E-state index is 11.6. The fourth-order valence-corrected chi connectivity index (χ4v) is 2.27. The molecule has 98 valence electrons. The highest BCUT2D eigenvalue weighted by atomic mass is 35.5. The van der Waals surface area contributed by atoms with Gasteiger partial charge in [-0.2, -0.15) is 0 Å². The summed E-state index contributed by atoms with van der Waals surface area (Å²) in [7, 11) is 0. The Morgan fingerprint density at radius 3 is 2.83 bits per heavy atom. The summed E-state index contributed by atoms with van der Waals surface area (Å²) in [6.45, 7) is 3.89. The zero-order valence-corrected chi connectivity index (χ0v) is 11.0. The third-order valence-corrected chi connectivity index (χ3v) is 3.23. The van der Waals surface area contributed by atoms with E-state index in [2.05, 4.69) is 15.5 Å². The van der Waals surface area contributed by atoms with Gasteiger partial charge in [0.05, 0.1) is 0 Å². The number of likely N-dealkylation sites (tertiary alicyclic amines) is 1.